The van der Waals surface area contributed by atoms with E-state index in [1.165, 1.54) is 12.5 Å². The molecule has 32 heavy (non-hydrogen) atoms. The number of hydrogen-bond acceptors (Lipinski definition) is 4. The van der Waals surface area contributed by atoms with Crippen molar-refractivity contribution in [1.29, 1.82) is 0 Å². The van der Waals surface area contributed by atoms with Gasteiger partial charge in [0, 0.05) is 55.7 Å². The van der Waals surface area contributed by atoms with Gasteiger partial charge in [-0.3, -0.25) is 14.7 Å². The number of piperidine rings is 1. The molecule has 7 heteroatoms. The number of benzene rings is 1. The normalized spacial score (nSPS) is 19.2. The summed E-state index contributed by atoms with van der Waals surface area (Å²) in [5.74, 6) is 1.15. The molecule has 2 aliphatic rings. The molecule has 1 aromatic carbocycles. The maximum absolute atomic E-state index is 14.1. The summed E-state index contributed by atoms with van der Waals surface area (Å²) >= 11 is 0. The summed E-state index contributed by atoms with van der Waals surface area (Å²) in [5, 5.41) is 0. The number of nitrogens with zero attached hydrogens (tertiary/aromatic N) is 4. The SMILES string of the molecule is CC1CCCN(c2nc3c(c(=O)[nH]2)CCN(Cc2cccn2Cc2ccccc2F)C3)C1. The van der Waals surface area contributed by atoms with E-state index >= 15 is 0 Å². The maximum Gasteiger partial charge on any atom is 0.255 e. The number of nitrogens with one attached hydrogen (secondary N) is 1. The van der Waals surface area contributed by atoms with Crippen molar-refractivity contribution in [3.63, 3.8) is 0 Å². The van der Waals surface area contributed by atoms with Crippen LogP contribution in [0.25, 0.3) is 0 Å². The van der Waals surface area contributed by atoms with Crippen molar-refractivity contribution in [2.75, 3.05) is 24.5 Å². The Morgan fingerprint density at radius 2 is 2.03 bits per heavy atom. The molecule has 2 aromatic heterocycles. The van der Waals surface area contributed by atoms with Gasteiger partial charge in [-0.05, 0) is 43.4 Å². The molecule has 2 aliphatic heterocycles. The molecule has 0 aliphatic carbocycles. The fourth-order valence-corrected chi connectivity index (χ4v) is 4.93. The smallest absolute Gasteiger partial charge is 0.255 e. The third kappa shape index (κ3) is 4.35. The van der Waals surface area contributed by atoms with Crippen molar-refractivity contribution < 1.29 is 4.39 Å². The van der Waals surface area contributed by atoms with Crippen LogP contribution in [0.4, 0.5) is 10.3 Å². The van der Waals surface area contributed by atoms with E-state index in [2.05, 4.69) is 32.3 Å². The van der Waals surface area contributed by atoms with E-state index in [0.717, 1.165) is 49.6 Å². The van der Waals surface area contributed by atoms with E-state index in [0.29, 0.717) is 36.9 Å². The van der Waals surface area contributed by atoms with Gasteiger partial charge in [-0.25, -0.2) is 9.37 Å². The average Bonchev–Trinajstić information content (AvgIpc) is 3.21. The molecule has 1 saturated heterocycles. The van der Waals surface area contributed by atoms with Crippen LogP contribution < -0.4 is 10.5 Å². The summed E-state index contributed by atoms with van der Waals surface area (Å²) in [5.41, 5.74) is 3.53. The van der Waals surface area contributed by atoms with Crippen LogP contribution in [0.1, 0.15) is 42.3 Å². The number of aromatic nitrogens is 3. The number of halogens is 1. The van der Waals surface area contributed by atoms with Crippen LogP contribution in [-0.4, -0.2) is 39.1 Å². The molecule has 0 bridgehead atoms. The zero-order valence-electron chi connectivity index (χ0n) is 18.6. The largest absolute Gasteiger partial charge is 0.346 e. The highest BCUT2D eigenvalue weighted by molar-refractivity contribution is 5.35. The van der Waals surface area contributed by atoms with Crippen molar-refractivity contribution in [3.05, 3.63) is 81.3 Å². The minimum absolute atomic E-state index is 0.00537. The molecule has 4 heterocycles. The molecule has 1 N–H and O–H groups in total. The van der Waals surface area contributed by atoms with Crippen LogP contribution >= 0.6 is 0 Å². The first-order chi connectivity index (χ1) is 15.6. The lowest BCUT2D eigenvalue weighted by atomic mass is 10.0. The summed E-state index contributed by atoms with van der Waals surface area (Å²) in [6, 6.07) is 11.0. The van der Waals surface area contributed by atoms with Gasteiger partial charge < -0.3 is 9.47 Å². The first kappa shape index (κ1) is 20.9. The summed E-state index contributed by atoms with van der Waals surface area (Å²) in [7, 11) is 0. The Balaban J connectivity index is 1.32. The van der Waals surface area contributed by atoms with Crippen molar-refractivity contribution in [2.24, 2.45) is 5.92 Å². The Morgan fingerprint density at radius 3 is 2.88 bits per heavy atom. The third-order valence-corrected chi connectivity index (χ3v) is 6.70. The Hall–Kier alpha value is -2.93. The highest BCUT2D eigenvalue weighted by Crippen LogP contribution is 2.23. The van der Waals surface area contributed by atoms with Gasteiger partial charge in [-0.2, -0.15) is 0 Å². The standard InChI is InChI=1S/C25H30FN5O/c1-18-6-4-12-31(14-18)25-27-23-17-29(13-10-21(23)24(32)28-25)16-20-8-5-11-30(20)15-19-7-2-3-9-22(19)26/h2-3,5,7-9,11,18H,4,6,10,12-17H2,1H3,(H,27,28,32). The quantitative estimate of drug-likeness (QED) is 0.666. The van der Waals surface area contributed by atoms with E-state index in [9.17, 15) is 9.18 Å². The van der Waals surface area contributed by atoms with Gasteiger partial charge in [0.05, 0.1) is 12.2 Å². The molecular formula is C25H30FN5O. The van der Waals surface area contributed by atoms with Crippen LogP contribution in [0.3, 0.4) is 0 Å². The maximum atomic E-state index is 14.1. The van der Waals surface area contributed by atoms with Gasteiger partial charge >= 0.3 is 0 Å². The lowest BCUT2D eigenvalue weighted by molar-refractivity contribution is 0.234. The second-order valence-electron chi connectivity index (χ2n) is 9.19. The van der Waals surface area contributed by atoms with Crippen LogP contribution in [0.5, 0.6) is 0 Å². The minimum atomic E-state index is -0.179. The zero-order valence-corrected chi connectivity index (χ0v) is 18.6. The number of H-pyrrole nitrogens is 1. The molecule has 3 aromatic rings. The Kier molecular flexibility index (Phi) is 5.83. The number of hydrogen-bond donors (Lipinski definition) is 1. The number of aromatic amines is 1. The molecule has 168 valence electrons. The Labute approximate surface area is 187 Å². The molecule has 6 nitrogen and oxygen atoms in total. The fourth-order valence-electron chi connectivity index (χ4n) is 4.93. The molecule has 0 spiro atoms. The zero-order chi connectivity index (χ0) is 22.1. The topological polar surface area (TPSA) is 57.2 Å². The number of anilines is 1. The Morgan fingerprint density at radius 1 is 1.16 bits per heavy atom. The van der Waals surface area contributed by atoms with Crippen LogP contribution in [0.2, 0.25) is 0 Å². The minimum Gasteiger partial charge on any atom is -0.346 e. The molecule has 0 amide bonds. The van der Waals surface area contributed by atoms with Gasteiger partial charge in [-0.1, -0.05) is 25.1 Å². The third-order valence-electron chi connectivity index (χ3n) is 6.70. The Bertz CT molecular complexity index is 1150. The van der Waals surface area contributed by atoms with E-state index in [4.69, 9.17) is 4.98 Å². The molecule has 5 rings (SSSR count). The van der Waals surface area contributed by atoms with E-state index in [-0.39, 0.29) is 11.4 Å². The molecule has 0 saturated carbocycles. The lowest BCUT2D eigenvalue weighted by Gasteiger charge is -2.33. The van der Waals surface area contributed by atoms with Gasteiger partial charge in [0.15, 0.2) is 0 Å². The summed E-state index contributed by atoms with van der Waals surface area (Å²) in [6.07, 6.45) is 5.06. The highest BCUT2D eigenvalue weighted by Gasteiger charge is 2.25. The number of fused-ring (bicyclic) bond motifs is 1. The number of rotatable bonds is 5. The summed E-state index contributed by atoms with van der Waals surface area (Å²) in [6.45, 7) is 6.85. The van der Waals surface area contributed by atoms with E-state index < -0.39 is 0 Å². The molecule has 0 radical (unpaired) electrons. The predicted molar refractivity (Wildman–Crippen MR) is 123 cm³/mol. The molecule has 1 atom stereocenters. The van der Waals surface area contributed by atoms with Crippen LogP contribution in [0, 0.1) is 11.7 Å². The van der Waals surface area contributed by atoms with Gasteiger partial charge in [-0.15, -0.1) is 0 Å². The second kappa shape index (κ2) is 8.90. The van der Waals surface area contributed by atoms with Crippen molar-refractivity contribution >= 4 is 5.95 Å². The first-order valence-electron chi connectivity index (χ1n) is 11.5. The monoisotopic (exact) mass is 435 g/mol. The van der Waals surface area contributed by atoms with E-state index in [1.54, 1.807) is 6.07 Å². The predicted octanol–water partition coefficient (Wildman–Crippen LogP) is 3.55. The second-order valence-corrected chi connectivity index (χ2v) is 9.19. The van der Waals surface area contributed by atoms with Crippen LogP contribution in [-0.2, 0) is 26.1 Å². The molecule has 1 fully saturated rings. The molecule has 1 unspecified atom stereocenters. The first-order valence-corrected chi connectivity index (χ1v) is 11.5. The average molecular weight is 436 g/mol. The van der Waals surface area contributed by atoms with Gasteiger partial charge in [0.1, 0.15) is 5.82 Å². The van der Waals surface area contributed by atoms with Crippen molar-refractivity contribution in [1.82, 2.24) is 19.4 Å². The van der Waals surface area contributed by atoms with E-state index in [1.807, 2.05) is 24.4 Å². The van der Waals surface area contributed by atoms with Crippen molar-refractivity contribution in [3.8, 4) is 0 Å². The van der Waals surface area contributed by atoms with Gasteiger partial charge in [0.25, 0.3) is 5.56 Å². The summed E-state index contributed by atoms with van der Waals surface area (Å²) < 4.78 is 16.2. The molecular weight excluding hydrogens is 405 g/mol. The fraction of sp³-hybridized carbons (Fsp3) is 0.440. The van der Waals surface area contributed by atoms with Crippen LogP contribution in [0.15, 0.2) is 47.4 Å². The summed E-state index contributed by atoms with van der Waals surface area (Å²) in [4.78, 5) is 25.2. The lowest BCUT2D eigenvalue weighted by Crippen LogP contribution is -2.39. The van der Waals surface area contributed by atoms with Crippen molar-refractivity contribution in [2.45, 2.75) is 45.8 Å². The highest BCUT2D eigenvalue weighted by atomic mass is 19.1. The van der Waals surface area contributed by atoms with Gasteiger partial charge in [0.2, 0.25) is 5.95 Å².